The van der Waals surface area contributed by atoms with Crippen LogP contribution in [0.4, 0.5) is 0 Å². The number of hydrogen-bond donors (Lipinski definition) is 3. The van der Waals surface area contributed by atoms with Gasteiger partial charge in [-0.3, -0.25) is 4.99 Å². The predicted molar refractivity (Wildman–Crippen MR) is 127 cm³/mol. The maximum atomic E-state index is 10.2. The second kappa shape index (κ2) is 13.4. The molecule has 5 nitrogen and oxygen atoms in total. The summed E-state index contributed by atoms with van der Waals surface area (Å²) in [6.45, 7) is 5.98. The number of ether oxygens (including phenoxy) is 1. The molecule has 0 aliphatic heterocycles. The molecule has 1 atom stereocenters. The zero-order chi connectivity index (χ0) is 19.5. The van der Waals surface area contributed by atoms with E-state index in [4.69, 9.17) is 4.74 Å². The van der Waals surface area contributed by atoms with E-state index in [1.807, 2.05) is 43.3 Å². The van der Waals surface area contributed by atoms with Gasteiger partial charge in [0.15, 0.2) is 5.96 Å². The summed E-state index contributed by atoms with van der Waals surface area (Å²) >= 11 is 0. The van der Waals surface area contributed by atoms with Gasteiger partial charge in [0.1, 0.15) is 5.75 Å². The molecular formula is C22H32IN3O2. The maximum Gasteiger partial charge on any atom is 0.191 e. The zero-order valence-corrected chi connectivity index (χ0v) is 19.3. The minimum absolute atomic E-state index is 0. The van der Waals surface area contributed by atoms with Crippen LogP contribution in [0, 0.1) is 6.92 Å². The lowest BCUT2D eigenvalue weighted by Gasteiger charge is -2.14. The third-order valence-electron chi connectivity index (χ3n) is 4.24. The summed E-state index contributed by atoms with van der Waals surface area (Å²) in [7, 11) is 1.70. The average molecular weight is 497 g/mol. The monoisotopic (exact) mass is 497 g/mol. The minimum Gasteiger partial charge on any atom is -0.496 e. The van der Waals surface area contributed by atoms with E-state index in [-0.39, 0.29) is 24.0 Å². The number of guanidine groups is 1. The molecule has 0 aliphatic carbocycles. The first-order valence-electron chi connectivity index (χ1n) is 9.50. The van der Waals surface area contributed by atoms with Crippen molar-refractivity contribution < 1.29 is 9.84 Å². The average Bonchev–Trinajstić information content (AvgIpc) is 2.67. The van der Waals surface area contributed by atoms with Crippen molar-refractivity contribution in [2.45, 2.75) is 32.8 Å². The number of aryl methyl sites for hydroxylation is 1. The first-order valence-corrected chi connectivity index (χ1v) is 9.50. The lowest BCUT2D eigenvalue weighted by Crippen LogP contribution is -2.39. The normalized spacial score (nSPS) is 12.1. The summed E-state index contributed by atoms with van der Waals surface area (Å²) in [5.41, 5.74) is 3.50. The van der Waals surface area contributed by atoms with Crippen molar-refractivity contribution >= 4 is 29.9 Å². The van der Waals surface area contributed by atoms with Crippen LogP contribution in [-0.2, 0) is 12.8 Å². The van der Waals surface area contributed by atoms with Crippen molar-refractivity contribution in [3.8, 4) is 5.75 Å². The first kappa shape index (κ1) is 24.2. The fourth-order valence-electron chi connectivity index (χ4n) is 2.91. The summed E-state index contributed by atoms with van der Waals surface area (Å²) in [4.78, 5) is 4.51. The predicted octanol–water partition coefficient (Wildman–Crippen LogP) is 3.32. The third kappa shape index (κ3) is 8.48. The molecule has 2 aromatic carbocycles. The molecule has 0 saturated heterocycles. The number of methoxy groups -OCH3 is 1. The van der Waals surface area contributed by atoms with E-state index in [1.165, 1.54) is 11.1 Å². The van der Waals surface area contributed by atoms with Gasteiger partial charge in [-0.15, -0.1) is 24.0 Å². The number of aliphatic imine (C=N–C) groups is 1. The number of halogens is 1. The SMILES string of the molecule is CCNC(=NCC(O)Cc1ccccc1)NCCc1cc(C)ccc1OC.I. The molecule has 6 heteroatoms. The highest BCUT2D eigenvalue weighted by molar-refractivity contribution is 14.0. The summed E-state index contributed by atoms with van der Waals surface area (Å²) in [6, 6.07) is 16.2. The molecular weight excluding hydrogens is 465 g/mol. The molecule has 3 N–H and O–H groups in total. The Bertz CT molecular complexity index is 723. The number of nitrogens with zero attached hydrogens (tertiary/aromatic N) is 1. The summed E-state index contributed by atoms with van der Waals surface area (Å²) in [5.74, 6) is 1.62. The van der Waals surface area contributed by atoms with Gasteiger partial charge < -0.3 is 20.5 Å². The number of rotatable bonds is 9. The van der Waals surface area contributed by atoms with E-state index < -0.39 is 6.10 Å². The van der Waals surface area contributed by atoms with E-state index in [0.717, 1.165) is 36.8 Å². The van der Waals surface area contributed by atoms with Crippen molar-refractivity contribution in [3.05, 3.63) is 65.2 Å². The van der Waals surface area contributed by atoms with E-state index in [0.29, 0.717) is 13.0 Å². The zero-order valence-electron chi connectivity index (χ0n) is 16.9. The number of hydrogen-bond acceptors (Lipinski definition) is 3. The number of aliphatic hydroxyl groups excluding tert-OH is 1. The van der Waals surface area contributed by atoms with Gasteiger partial charge in [-0.05, 0) is 37.5 Å². The quantitative estimate of drug-likeness (QED) is 0.283. The minimum atomic E-state index is -0.500. The molecule has 154 valence electrons. The highest BCUT2D eigenvalue weighted by Crippen LogP contribution is 2.19. The largest absolute Gasteiger partial charge is 0.496 e. The second-order valence-electron chi connectivity index (χ2n) is 6.56. The number of benzene rings is 2. The van der Waals surface area contributed by atoms with Crippen LogP contribution in [0.3, 0.4) is 0 Å². The first-order chi connectivity index (χ1) is 13.1. The van der Waals surface area contributed by atoms with Crippen LogP contribution in [0.25, 0.3) is 0 Å². The maximum absolute atomic E-state index is 10.2. The van der Waals surface area contributed by atoms with E-state index >= 15 is 0 Å². The van der Waals surface area contributed by atoms with Crippen LogP contribution < -0.4 is 15.4 Å². The van der Waals surface area contributed by atoms with Crippen LogP contribution in [0.1, 0.15) is 23.6 Å². The molecule has 1 unspecified atom stereocenters. The molecule has 0 aromatic heterocycles. The van der Waals surface area contributed by atoms with Crippen molar-refractivity contribution in [2.24, 2.45) is 4.99 Å². The van der Waals surface area contributed by atoms with Crippen molar-refractivity contribution in [2.75, 3.05) is 26.7 Å². The Morgan fingerprint density at radius 3 is 2.57 bits per heavy atom. The molecule has 0 radical (unpaired) electrons. The Labute approximate surface area is 185 Å². The number of nitrogens with one attached hydrogen (secondary N) is 2. The second-order valence-corrected chi connectivity index (χ2v) is 6.56. The van der Waals surface area contributed by atoms with Crippen LogP contribution in [0.15, 0.2) is 53.5 Å². The van der Waals surface area contributed by atoms with Crippen LogP contribution in [0.5, 0.6) is 5.75 Å². The van der Waals surface area contributed by atoms with Gasteiger partial charge in [-0.2, -0.15) is 0 Å². The molecule has 0 heterocycles. The van der Waals surface area contributed by atoms with E-state index in [1.54, 1.807) is 7.11 Å². The Hall–Kier alpha value is -1.80. The fraction of sp³-hybridized carbons (Fsp3) is 0.409. The van der Waals surface area contributed by atoms with Crippen LogP contribution >= 0.6 is 24.0 Å². The Balaban J connectivity index is 0.00000392. The molecule has 28 heavy (non-hydrogen) atoms. The van der Waals surface area contributed by atoms with Gasteiger partial charge in [0.2, 0.25) is 0 Å². The molecule has 0 aliphatic rings. The fourth-order valence-corrected chi connectivity index (χ4v) is 2.91. The molecule has 0 fully saturated rings. The molecule has 2 aromatic rings. The van der Waals surface area contributed by atoms with Crippen molar-refractivity contribution in [1.82, 2.24) is 10.6 Å². The Morgan fingerprint density at radius 1 is 1.14 bits per heavy atom. The lowest BCUT2D eigenvalue weighted by molar-refractivity contribution is 0.183. The Kier molecular flexibility index (Phi) is 11.6. The van der Waals surface area contributed by atoms with Crippen LogP contribution in [-0.4, -0.2) is 43.9 Å². The van der Waals surface area contributed by atoms with Gasteiger partial charge in [0, 0.05) is 19.5 Å². The summed E-state index contributed by atoms with van der Waals surface area (Å²) in [5, 5.41) is 16.8. The van der Waals surface area contributed by atoms with Gasteiger partial charge >= 0.3 is 0 Å². The summed E-state index contributed by atoms with van der Waals surface area (Å²) in [6.07, 6.45) is 0.936. The Morgan fingerprint density at radius 2 is 1.89 bits per heavy atom. The van der Waals surface area contributed by atoms with Gasteiger partial charge in [-0.25, -0.2) is 0 Å². The van der Waals surface area contributed by atoms with E-state index in [2.05, 4.69) is 34.7 Å². The molecule has 0 spiro atoms. The number of aliphatic hydroxyl groups is 1. The van der Waals surface area contributed by atoms with Gasteiger partial charge in [-0.1, -0.05) is 48.0 Å². The molecule has 0 amide bonds. The van der Waals surface area contributed by atoms with Gasteiger partial charge in [0.25, 0.3) is 0 Å². The highest BCUT2D eigenvalue weighted by Gasteiger charge is 2.07. The summed E-state index contributed by atoms with van der Waals surface area (Å²) < 4.78 is 5.43. The smallest absolute Gasteiger partial charge is 0.191 e. The highest BCUT2D eigenvalue weighted by atomic mass is 127. The van der Waals surface area contributed by atoms with Gasteiger partial charge in [0.05, 0.1) is 19.8 Å². The topological polar surface area (TPSA) is 65.9 Å². The third-order valence-corrected chi connectivity index (χ3v) is 4.24. The van der Waals surface area contributed by atoms with Crippen molar-refractivity contribution in [3.63, 3.8) is 0 Å². The standard InChI is InChI=1S/C22H31N3O2.HI/c1-4-23-22(25-16-20(26)15-18-8-6-5-7-9-18)24-13-12-19-14-17(2)10-11-21(19)27-3;/h5-11,14,20,26H,4,12-13,15-16H2,1-3H3,(H2,23,24,25);1H. The molecule has 0 bridgehead atoms. The molecule has 2 rings (SSSR count). The molecule has 0 saturated carbocycles. The van der Waals surface area contributed by atoms with E-state index in [9.17, 15) is 5.11 Å². The van der Waals surface area contributed by atoms with Crippen LogP contribution in [0.2, 0.25) is 0 Å². The van der Waals surface area contributed by atoms with Crippen molar-refractivity contribution in [1.29, 1.82) is 0 Å². The lowest BCUT2D eigenvalue weighted by atomic mass is 10.1.